The van der Waals surface area contributed by atoms with Crippen molar-refractivity contribution < 1.29 is 41.1 Å². The van der Waals surface area contributed by atoms with Gasteiger partial charge in [-0.15, -0.1) is 5.48 Å². The van der Waals surface area contributed by atoms with E-state index in [0.29, 0.717) is 6.42 Å². The standard InChI is InChI=1S/C14H10F5NO4/c15-8-7(9(16)11(18)12(19)10(8)17)13(21)24-20-14(22)23-6-4-2-1-3-5-6/h2,4,6H,1,3,5H2,(H,20,22)/t6-/m0/s1. The van der Waals surface area contributed by atoms with Crippen molar-refractivity contribution in [2.45, 2.75) is 25.4 Å². The summed E-state index contributed by atoms with van der Waals surface area (Å²) in [5, 5.41) is 0. The summed E-state index contributed by atoms with van der Waals surface area (Å²) in [7, 11) is 0. The first kappa shape index (κ1) is 17.7. The summed E-state index contributed by atoms with van der Waals surface area (Å²) in [5.41, 5.74) is -0.410. The molecule has 0 bridgehead atoms. The van der Waals surface area contributed by atoms with Crippen molar-refractivity contribution in [2.75, 3.05) is 0 Å². The van der Waals surface area contributed by atoms with E-state index in [2.05, 4.69) is 4.84 Å². The number of halogens is 5. The molecule has 0 aliphatic heterocycles. The third kappa shape index (κ3) is 3.63. The highest BCUT2D eigenvalue weighted by molar-refractivity contribution is 5.90. The lowest BCUT2D eigenvalue weighted by atomic mass is 10.1. The second kappa shape index (κ2) is 7.28. The number of nitrogens with one attached hydrogen (secondary N) is 1. The largest absolute Gasteiger partial charge is 0.441 e. The molecule has 5 nitrogen and oxygen atoms in total. The van der Waals surface area contributed by atoms with Crippen LogP contribution >= 0.6 is 0 Å². The van der Waals surface area contributed by atoms with Crippen molar-refractivity contribution in [2.24, 2.45) is 0 Å². The third-order valence-electron chi connectivity index (χ3n) is 3.11. The number of hydrogen-bond acceptors (Lipinski definition) is 4. The number of hydrogen-bond donors (Lipinski definition) is 1. The molecule has 1 aromatic carbocycles. The Morgan fingerprint density at radius 1 is 1.00 bits per heavy atom. The number of rotatable bonds is 2. The predicted octanol–water partition coefficient (Wildman–Crippen LogP) is 3.29. The molecule has 1 N–H and O–H groups in total. The summed E-state index contributed by atoms with van der Waals surface area (Å²) in [6.07, 6.45) is 3.62. The van der Waals surface area contributed by atoms with Crippen LogP contribution in [0.5, 0.6) is 0 Å². The molecule has 1 aliphatic carbocycles. The lowest BCUT2D eigenvalue weighted by Gasteiger charge is -2.17. The molecular weight excluding hydrogens is 341 g/mol. The lowest BCUT2D eigenvalue weighted by Crippen LogP contribution is -2.32. The minimum absolute atomic E-state index is 0.523. The predicted molar refractivity (Wildman–Crippen MR) is 68.0 cm³/mol. The molecule has 1 atom stereocenters. The number of carbonyl (C=O) groups is 2. The zero-order valence-corrected chi connectivity index (χ0v) is 11.9. The third-order valence-corrected chi connectivity index (χ3v) is 3.11. The average Bonchev–Trinajstić information content (AvgIpc) is 2.57. The fourth-order valence-electron chi connectivity index (χ4n) is 1.96. The first-order chi connectivity index (χ1) is 11.3. The van der Waals surface area contributed by atoms with E-state index in [0.717, 1.165) is 12.8 Å². The second-order valence-corrected chi connectivity index (χ2v) is 4.74. The number of amides is 1. The zero-order valence-electron chi connectivity index (χ0n) is 11.9. The van der Waals surface area contributed by atoms with E-state index in [1.165, 1.54) is 5.48 Å². The fourth-order valence-corrected chi connectivity index (χ4v) is 1.96. The summed E-state index contributed by atoms with van der Waals surface area (Å²) < 4.78 is 70.4. The molecule has 0 spiro atoms. The van der Waals surface area contributed by atoms with E-state index < -0.39 is 52.8 Å². The van der Waals surface area contributed by atoms with Gasteiger partial charge < -0.3 is 9.57 Å². The van der Waals surface area contributed by atoms with Gasteiger partial charge in [0.2, 0.25) is 5.82 Å². The molecule has 0 unspecified atom stereocenters. The lowest BCUT2D eigenvalue weighted by molar-refractivity contribution is 0.0145. The fraction of sp³-hybridized carbons (Fsp3) is 0.286. The molecule has 1 aromatic rings. The highest BCUT2D eigenvalue weighted by Crippen LogP contribution is 2.23. The van der Waals surface area contributed by atoms with Crippen molar-refractivity contribution in [3.05, 3.63) is 46.8 Å². The SMILES string of the molecule is O=C(NOC(=O)c1c(F)c(F)c(F)c(F)c1F)O[C@H]1C=CCCC1. The maximum absolute atomic E-state index is 13.4. The molecule has 1 amide bonds. The minimum atomic E-state index is -2.42. The molecule has 2 rings (SSSR count). The van der Waals surface area contributed by atoms with E-state index in [-0.39, 0.29) is 0 Å². The number of hydroxylamine groups is 1. The Morgan fingerprint density at radius 2 is 1.58 bits per heavy atom. The Bertz CT molecular complexity index is 678. The van der Waals surface area contributed by atoms with E-state index >= 15 is 0 Å². The van der Waals surface area contributed by atoms with Gasteiger partial charge in [-0.3, -0.25) is 0 Å². The first-order valence-electron chi connectivity index (χ1n) is 6.68. The number of allylic oxidation sites excluding steroid dienone is 1. The van der Waals surface area contributed by atoms with E-state index in [4.69, 9.17) is 4.74 Å². The van der Waals surface area contributed by atoms with Crippen LogP contribution in [0.1, 0.15) is 29.6 Å². The summed E-state index contributed by atoms with van der Waals surface area (Å²) >= 11 is 0. The van der Waals surface area contributed by atoms with Gasteiger partial charge in [-0.05, 0) is 25.3 Å². The zero-order chi connectivity index (χ0) is 17.9. The van der Waals surface area contributed by atoms with Crippen LogP contribution in [0.2, 0.25) is 0 Å². The van der Waals surface area contributed by atoms with Gasteiger partial charge in [-0.1, -0.05) is 6.08 Å². The van der Waals surface area contributed by atoms with Crippen molar-refractivity contribution in [1.82, 2.24) is 5.48 Å². The van der Waals surface area contributed by atoms with Crippen LogP contribution in [0.4, 0.5) is 26.7 Å². The van der Waals surface area contributed by atoms with Crippen LogP contribution in [0, 0.1) is 29.1 Å². The quantitative estimate of drug-likeness (QED) is 0.292. The van der Waals surface area contributed by atoms with Crippen LogP contribution in [0.15, 0.2) is 12.2 Å². The van der Waals surface area contributed by atoms with Gasteiger partial charge in [-0.25, -0.2) is 31.5 Å². The van der Waals surface area contributed by atoms with Gasteiger partial charge in [-0.2, -0.15) is 0 Å². The Balaban J connectivity index is 2.04. The van der Waals surface area contributed by atoms with Gasteiger partial charge in [0, 0.05) is 0 Å². The molecule has 0 saturated carbocycles. The van der Waals surface area contributed by atoms with Gasteiger partial charge >= 0.3 is 12.1 Å². The van der Waals surface area contributed by atoms with Crippen LogP contribution < -0.4 is 5.48 Å². The Kier molecular flexibility index (Phi) is 5.37. The molecule has 10 heteroatoms. The Morgan fingerprint density at radius 3 is 2.12 bits per heavy atom. The molecule has 0 fully saturated rings. The highest BCUT2D eigenvalue weighted by atomic mass is 19.2. The number of ether oxygens (including phenoxy) is 1. The summed E-state index contributed by atoms with van der Waals surface area (Å²) in [4.78, 5) is 26.8. The summed E-state index contributed by atoms with van der Waals surface area (Å²) in [5.74, 6) is -13.8. The molecular formula is C14H10F5NO4. The molecule has 0 saturated heterocycles. The van der Waals surface area contributed by atoms with Crippen molar-refractivity contribution >= 4 is 12.1 Å². The van der Waals surface area contributed by atoms with E-state index in [9.17, 15) is 31.5 Å². The maximum Gasteiger partial charge on any atom is 0.441 e. The number of benzene rings is 1. The van der Waals surface area contributed by atoms with Crippen LogP contribution in [0.25, 0.3) is 0 Å². The summed E-state index contributed by atoms with van der Waals surface area (Å²) in [6.45, 7) is 0. The molecule has 1 aliphatic rings. The minimum Gasteiger partial charge on any atom is -0.440 e. The van der Waals surface area contributed by atoms with E-state index in [1.807, 2.05) is 0 Å². The van der Waals surface area contributed by atoms with Crippen LogP contribution in [-0.2, 0) is 9.57 Å². The number of carbonyl (C=O) groups excluding carboxylic acids is 2. The smallest absolute Gasteiger partial charge is 0.440 e. The molecule has 0 aromatic heterocycles. The molecule has 24 heavy (non-hydrogen) atoms. The first-order valence-corrected chi connectivity index (χ1v) is 6.68. The Hall–Kier alpha value is -2.65. The van der Waals surface area contributed by atoms with Crippen LogP contribution in [-0.4, -0.2) is 18.2 Å². The topological polar surface area (TPSA) is 64.6 Å². The van der Waals surface area contributed by atoms with Gasteiger partial charge in [0.15, 0.2) is 23.3 Å². The van der Waals surface area contributed by atoms with Crippen molar-refractivity contribution in [1.29, 1.82) is 0 Å². The molecule has 0 radical (unpaired) electrons. The van der Waals surface area contributed by atoms with Crippen molar-refractivity contribution in [3.8, 4) is 0 Å². The average molecular weight is 351 g/mol. The highest BCUT2D eigenvalue weighted by Gasteiger charge is 2.31. The maximum atomic E-state index is 13.4. The van der Waals surface area contributed by atoms with Gasteiger partial charge in [0.05, 0.1) is 0 Å². The molecule has 0 heterocycles. The van der Waals surface area contributed by atoms with Gasteiger partial charge in [0.25, 0.3) is 0 Å². The monoisotopic (exact) mass is 351 g/mol. The van der Waals surface area contributed by atoms with Crippen LogP contribution in [0.3, 0.4) is 0 Å². The van der Waals surface area contributed by atoms with Gasteiger partial charge in [0.1, 0.15) is 11.7 Å². The second-order valence-electron chi connectivity index (χ2n) is 4.74. The summed E-state index contributed by atoms with van der Waals surface area (Å²) in [6, 6.07) is 0. The van der Waals surface area contributed by atoms with Crippen molar-refractivity contribution in [3.63, 3.8) is 0 Å². The molecule has 130 valence electrons. The Labute approximate surface area is 132 Å². The normalized spacial score (nSPS) is 16.6. The van der Waals surface area contributed by atoms with E-state index in [1.54, 1.807) is 12.2 Å².